The van der Waals surface area contributed by atoms with Gasteiger partial charge in [0.05, 0.1) is 5.39 Å². The quantitative estimate of drug-likeness (QED) is 0.478. The topological polar surface area (TPSA) is 109 Å². The molecule has 0 bridgehead atoms. The van der Waals surface area contributed by atoms with Gasteiger partial charge in [-0.05, 0) is 59.4 Å². The number of carbonyl (C=O) groups is 1. The molecule has 0 amide bonds. The largest absolute Gasteiger partial charge is 0.475 e. The van der Waals surface area contributed by atoms with E-state index in [1.807, 2.05) is 0 Å². The molecule has 5 rings (SSSR count). The lowest BCUT2D eigenvalue weighted by molar-refractivity contribution is 0.0683. The van der Waals surface area contributed by atoms with Crippen molar-refractivity contribution < 1.29 is 9.90 Å². The number of aromatic carboxylic acids is 1. The molecule has 1 aromatic carbocycles. The molecule has 0 unspecified atom stereocenters. The van der Waals surface area contributed by atoms with Gasteiger partial charge in [0.25, 0.3) is 5.56 Å². The lowest BCUT2D eigenvalue weighted by Crippen LogP contribution is -2.15. The fraction of sp³-hybridized carbons (Fsp3) is 0.211. The summed E-state index contributed by atoms with van der Waals surface area (Å²) in [6.07, 6.45) is 2.93. The van der Waals surface area contributed by atoms with Gasteiger partial charge in [0, 0.05) is 16.1 Å². The SMILES string of the molecule is NCc1ccc2sccc2c1.O=C(O)c1nc2sc3c(c2c(=O)[nH]1)CCC3. The smallest absolute Gasteiger partial charge is 0.372 e. The number of hydrogen-bond acceptors (Lipinski definition) is 6. The zero-order chi connectivity index (χ0) is 19.0. The minimum atomic E-state index is -1.20. The summed E-state index contributed by atoms with van der Waals surface area (Å²) in [6.45, 7) is 0.631. The van der Waals surface area contributed by atoms with E-state index in [2.05, 4.69) is 39.6 Å². The van der Waals surface area contributed by atoms with Crippen LogP contribution in [0.1, 0.15) is 33.0 Å². The van der Waals surface area contributed by atoms with Gasteiger partial charge in [0.2, 0.25) is 5.82 Å². The van der Waals surface area contributed by atoms with Crippen LogP contribution in [-0.2, 0) is 19.4 Å². The van der Waals surface area contributed by atoms with Crippen LogP contribution < -0.4 is 11.3 Å². The maximum atomic E-state index is 11.8. The lowest BCUT2D eigenvalue weighted by Gasteiger charge is -1.95. The summed E-state index contributed by atoms with van der Waals surface area (Å²) in [6, 6.07) is 8.48. The molecule has 138 valence electrons. The average molecular weight is 399 g/mol. The minimum Gasteiger partial charge on any atom is -0.475 e. The maximum Gasteiger partial charge on any atom is 0.372 e. The van der Waals surface area contributed by atoms with Gasteiger partial charge in [-0.15, -0.1) is 22.7 Å². The van der Waals surface area contributed by atoms with E-state index in [0.717, 1.165) is 24.8 Å². The van der Waals surface area contributed by atoms with Gasteiger partial charge in [-0.1, -0.05) is 6.07 Å². The molecule has 3 aromatic heterocycles. The van der Waals surface area contributed by atoms with Gasteiger partial charge in [-0.2, -0.15) is 0 Å². The van der Waals surface area contributed by atoms with E-state index < -0.39 is 5.97 Å². The number of aromatic nitrogens is 2. The van der Waals surface area contributed by atoms with Crippen LogP contribution in [0, 0.1) is 0 Å². The number of aryl methyl sites for hydroxylation is 2. The van der Waals surface area contributed by atoms with Gasteiger partial charge in [-0.25, -0.2) is 9.78 Å². The second-order valence-corrected chi connectivity index (χ2v) is 8.29. The first-order valence-electron chi connectivity index (χ1n) is 8.51. The van der Waals surface area contributed by atoms with Crippen molar-refractivity contribution in [1.29, 1.82) is 0 Å². The lowest BCUT2D eigenvalue weighted by atomic mass is 10.2. The Morgan fingerprint density at radius 3 is 2.93 bits per heavy atom. The molecule has 0 saturated heterocycles. The number of rotatable bonds is 2. The zero-order valence-electron chi connectivity index (χ0n) is 14.3. The van der Waals surface area contributed by atoms with Crippen LogP contribution in [-0.4, -0.2) is 21.0 Å². The molecule has 0 fully saturated rings. The van der Waals surface area contributed by atoms with Crippen molar-refractivity contribution >= 4 is 48.9 Å². The summed E-state index contributed by atoms with van der Waals surface area (Å²) in [5.74, 6) is -1.48. The van der Waals surface area contributed by atoms with Gasteiger partial charge in [0.1, 0.15) is 4.83 Å². The van der Waals surface area contributed by atoms with E-state index in [-0.39, 0.29) is 11.4 Å². The predicted molar refractivity (Wildman–Crippen MR) is 109 cm³/mol. The van der Waals surface area contributed by atoms with E-state index in [0.29, 0.717) is 16.8 Å². The third kappa shape index (κ3) is 3.39. The highest BCUT2D eigenvalue weighted by Gasteiger charge is 2.22. The van der Waals surface area contributed by atoms with Gasteiger partial charge >= 0.3 is 5.97 Å². The Labute approximate surface area is 162 Å². The van der Waals surface area contributed by atoms with Crippen LogP contribution in [0.15, 0.2) is 34.4 Å². The van der Waals surface area contributed by atoms with Crippen molar-refractivity contribution in [3.8, 4) is 0 Å². The summed E-state index contributed by atoms with van der Waals surface area (Å²) < 4.78 is 1.34. The molecule has 0 aliphatic heterocycles. The summed E-state index contributed by atoms with van der Waals surface area (Å²) >= 11 is 3.20. The van der Waals surface area contributed by atoms with Crippen LogP contribution in [0.4, 0.5) is 0 Å². The fourth-order valence-electron chi connectivity index (χ4n) is 3.25. The number of carboxylic acid groups (broad SMARTS) is 1. The van der Waals surface area contributed by atoms with Gasteiger partial charge < -0.3 is 15.8 Å². The van der Waals surface area contributed by atoms with E-state index in [1.165, 1.54) is 31.9 Å². The molecule has 0 saturated carbocycles. The summed E-state index contributed by atoms with van der Waals surface area (Å²) in [7, 11) is 0. The Bertz CT molecular complexity index is 1210. The minimum absolute atomic E-state index is 0.280. The Morgan fingerprint density at radius 1 is 1.30 bits per heavy atom. The Balaban J connectivity index is 0.000000143. The first kappa shape index (κ1) is 17.8. The number of hydrogen-bond donors (Lipinski definition) is 3. The standard InChI is InChI=1S/C10H8N2O3S.C9H9NS/c13-8-6-4-2-1-3-5(4)16-9(6)12-7(11-8)10(14)15;10-6-7-1-2-9-8(5-7)3-4-11-9/h1-3H2,(H,14,15)(H,11,12,13);1-5H,6,10H2. The number of H-pyrrole nitrogens is 1. The van der Waals surface area contributed by atoms with Crippen molar-refractivity contribution in [2.45, 2.75) is 25.8 Å². The highest BCUT2D eigenvalue weighted by molar-refractivity contribution is 7.18. The summed E-state index contributed by atoms with van der Waals surface area (Å²) in [4.78, 5) is 30.5. The molecule has 4 aromatic rings. The van der Waals surface area contributed by atoms with Crippen LogP contribution >= 0.6 is 22.7 Å². The number of carboxylic acids is 1. The number of aromatic amines is 1. The maximum absolute atomic E-state index is 11.8. The van der Waals surface area contributed by atoms with Gasteiger partial charge in [-0.3, -0.25) is 4.79 Å². The van der Waals surface area contributed by atoms with Crippen molar-refractivity contribution in [3.05, 3.63) is 61.8 Å². The predicted octanol–water partition coefficient (Wildman–Crippen LogP) is 3.53. The fourth-order valence-corrected chi connectivity index (χ4v) is 5.28. The molecule has 3 heterocycles. The van der Waals surface area contributed by atoms with E-state index in [4.69, 9.17) is 10.8 Å². The molecule has 0 spiro atoms. The first-order chi connectivity index (χ1) is 13.1. The third-order valence-corrected chi connectivity index (χ3v) is 6.61. The normalized spacial score (nSPS) is 12.8. The highest BCUT2D eigenvalue weighted by atomic mass is 32.1. The molecule has 4 N–H and O–H groups in total. The molecule has 1 aliphatic carbocycles. The van der Waals surface area contributed by atoms with Crippen LogP contribution in [0.25, 0.3) is 20.3 Å². The molecular formula is C19H17N3O3S2. The molecular weight excluding hydrogens is 382 g/mol. The number of fused-ring (bicyclic) bond motifs is 4. The van der Waals surface area contributed by atoms with Crippen LogP contribution in [0.2, 0.25) is 0 Å². The average Bonchev–Trinajstić information content (AvgIpc) is 3.36. The Hall–Kier alpha value is -2.55. The van der Waals surface area contributed by atoms with Gasteiger partial charge in [0.15, 0.2) is 0 Å². The summed E-state index contributed by atoms with van der Waals surface area (Å²) in [5.41, 5.74) is 7.45. The van der Waals surface area contributed by atoms with E-state index in [9.17, 15) is 9.59 Å². The molecule has 6 nitrogen and oxygen atoms in total. The van der Waals surface area contributed by atoms with E-state index in [1.54, 1.807) is 11.3 Å². The van der Waals surface area contributed by atoms with Crippen molar-refractivity contribution in [3.63, 3.8) is 0 Å². The Morgan fingerprint density at radius 2 is 2.15 bits per heavy atom. The number of thiophene rings is 2. The molecule has 0 radical (unpaired) electrons. The number of benzene rings is 1. The third-order valence-electron chi connectivity index (χ3n) is 4.53. The molecule has 8 heteroatoms. The Kier molecular flexibility index (Phi) is 4.77. The number of nitrogens with two attached hydrogens (primary N) is 1. The molecule has 1 aliphatic rings. The van der Waals surface area contributed by atoms with E-state index >= 15 is 0 Å². The number of nitrogens with zero attached hydrogens (tertiary/aromatic N) is 1. The van der Waals surface area contributed by atoms with Crippen molar-refractivity contribution in [1.82, 2.24) is 9.97 Å². The highest BCUT2D eigenvalue weighted by Crippen LogP contribution is 2.34. The van der Waals surface area contributed by atoms with Crippen LogP contribution in [0.3, 0.4) is 0 Å². The number of nitrogens with one attached hydrogen (secondary N) is 1. The van der Waals surface area contributed by atoms with Crippen molar-refractivity contribution in [2.24, 2.45) is 5.73 Å². The second kappa shape index (κ2) is 7.22. The molecule has 0 atom stereocenters. The second-order valence-electron chi connectivity index (χ2n) is 6.25. The summed E-state index contributed by atoms with van der Waals surface area (Å²) in [5, 5.41) is 12.8. The first-order valence-corrected chi connectivity index (χ1v) is 10.2. The monoisotopic (exact) mass is 399 g/mol. The van der Waals surface area contributed by atoms with Crippen molar-refractivity contribution in [2.75, 3.05) is 0 Å². The zero-order valence-corrected chi connectivity index (χ0v) is 16.0. The van der Waals surface area contributed by atoms with Crippen LogP contribution in [0.5, 0.6) is 0 Å². The molecule has 27 heavy (non-hydrogen) atoms.